The maximum absolute atomic E-state index is 11.4. The number of hydrogen-bond donors (Lipinski definition) is 0. The van der Waals surface area contributed by atoms with Crippen LogP contribution in [0.1, 0.15) is 13.8 Å². The van der Waals surface area contributed by atoms with Crippen LogP contribution >= 0.6 is 0 Å². The van der Waals surface area contributed by atoms with Crippen LogP contribution in [0.3, 0.4) is 0 Å². The Bertz CT molecular complexity index is 394. The van der Waals surface area contributed by atoms with Crippen molar-refractivity contribution in [3.63, 3.8) is 0 Å². The average molecular weight is 226 g/mol. The second kappa shape index (κ2) is 4.34. The number of ketones is 4. The molecule has 16 heavy (non-hydrogen) atoms. The third-order valence-electron chi connectivity index (χ3n) is 2.35. The highest BCUT2D eigenvalue weighted by molar-refractivity contribution is 6.60. The molecule has 1 rings (SSSR count). The van der Waals surface area contributed by atoms with Gasteiger partial charge in [-0.05, 0) is 13.8 Å². The summed E-state index contributed by atoms with van der Waals surface area (Å²) in [6.07, 6.45) is 0. The first-order valence-corrected chi connectivity index (χ1v) is 4.74. The van der Waals surface area contributed by atoms with E-state index in [-0.39, 0.29) is 6.61 Å². The highest BCUT2D eigenvalue weighted by Crippen LogP contribution is 2.21. The summed E-state index contributed by atoms with van der Waals surface area (Å²) in [5.74, 6) is -8.31. The molecule has 1 aliphatic rings. The largest absolute Gasteiger partial charge is 0.460 e. The van der Waals surface area contributed by atoms with Crippen molar-refractivity contribution in [1.82, 2.24) is 0 Å². The first-order valence-electron chi connectivity index (χ1n) is 4.74. The highest BCUT2D eigenvalue weighted by atomic mass is 16.5. The van der Waals surface area contributed by atoms with Crippen LogP contribution in [0.15, 0.2) is 0 Å². The van der Waals surface area contributed by atoms with Crippen molar-refractivity contribution >= 4 is 29.1 Å². The Kier molecular flexibility index (Phi) is 3.31. The Morgan fingerprint density at radius 2 is 1.75 bits per heavy atom. The van der Waals surface area contributed by atoms with Gasteiger partial charge in [-0.15, -0.1) is 0 Å². The number of carbonyl (C=O) groups excluding carboxylic acids is 5. The lowest BCUT2D eigenvalue weighted by Crippen LogP contribution is -2.33. The molecule has 0 aromatic carbocycles. The summed E-state index contributed by atoms with van der Waals surface area (Å²) in [5, 5.41) is 0. The topological polar surface area (TPSA) is 94.6 Å². The summed E-state index contributed by atoms with van der Waals surface area (Å²) in [5.41, 5.74) is 0. The number of hydrogen-bond acceptors (Lipinski definition) is 6. The van der Waals surface area contributed by atoms with Gasteiger partial charge in [-0.3, -0.25) is 19.2 Å². The lowest BCUT2D eigenvalue weighted by atomic mass is 9.99. The van der Waals surface area contributed by atoms with E-state index in [1.54, 1.807) is 0 Å². The van der Waals surface area contributed by atoms with E-state index in [0.29, 0.717) is 0 Å². The lowest BCUT2D eigenvalue weighted by Gasteiger charge is -2.04. The fraction of sp³-hybridized carbons (Fsp3) is 0.500. The van der Waals surface area contributed by atoms with Gasteiger partial charge in [0.1, 0.15) is 0 Å². The normalized spacial score (nSPS) is 24.8. The summed E-state index contributed by atoms with van der Waals surface area (Å²) < 4.78 is 4.38. The van der Waals surface area contributed by atoms with Crippen molar-refractivity contribution in [3.8, 4) is 0 Å². The van der Waals surface area contributed by atoms with Gasteiger partial charge in [-0.2, -0.15) is 0 Å². The van der Waals surface area contributed by atoms with Crippen molar-refractivity contribution in [2.24, 2.45) is 11.8 Å². The maximum Gasteiger partial charge on any atom is 0.375 e. The van der Waals surface area contributed by atoms with Crippen molar-refractivity contribution < 1.29 is 28.7 Å². The summed E-state index contributed by atoms with van der Waals surface area (Å²) in [4.78, 5) is 56.2. The molecule has 6 heteroatoms. The smallest absolute Gasteiger partial charge is 0.375 e. The molecule has 1 aliphatic carbocycles. The van der Waals surface area contributed by atoms with Gasteiger partial charge in [0.15, 0.2) is 11.7 Å². The van der Waals surface area contributed by atoms with Crippen LogP contribution in [-0.4, -0.2) is 35.7 Å². The molecular weight excluding hydrogens is 216 g/mol. The summed E-state index contributed by atoms with van der Waals surface area (Å²) in [6.45, 7) is 2.68. The van der Waals surface area contributed by atoms with Crippen LogP contribution in [0.25, 0.3) is 0 Å². The van der Waals surface area contributed by atoms with E-state index in [2.05, 4.69) is 4.74 Å². The summed E-state index contributed by atoms with van der Waals surface area (Å²) in [6, 6.07) is 0. The monoisotopic (exact) mass is 226 g/mol. The molecule has 0 aromatic heterocycles. The minimum Gasteiger partial charge on any atom is -0.460 e. The zero-order chi connectivity index (χ0) is 12.5. The van der Waals surface area contributed by atoms with E-state index < -0.39 is 40.9 Å². The first-order chi connectivity index (χ1) is 7.41. The molecule has 6 nitrogen and oxygen atoms in total. The van der Waals surface area contributed by atoms with Gasteiger partial charge in [-0.1, -0.05) is 0 Å². The number of esters is 1. The van der Waals surface area contributed by atoms with Crippen molar-refractivity contribution in [2.75, 3.05) is 6.61 Å². The van der Waals surface area contributed by atoms with Crippen LogP contribution in [0.5, 0.6) is 0 Å². The third kappa shape index (κ3) is 1.78. The van der Waals surface area contributed by atoms with E-state index in [4.69, 9.17) is 0 Å². The molecule has 2 unspecified atom stereocenters. The number of Topliss-reactive ketones (excluding diaryl/α,β-unsaturated/α-hetero) is 4. The Balaban J connectivity index is 2.94. The SMILES string of the molecule is CCOC(=O)C(=O)C1C(=O)C(=O)C(C)C1=O. The highest BCUT2D eigenvalue weighted by Gasteiger charge is 2.52. The van der Waals surface area contributed by atoms with E-state index >= 15 is 0 Å². The van der Waals surface area contributed by atoms with E-state index in [9.17, 15) is 24.0 Å². The summed E-state index contributed by atoms with van der Waals surface area (Å²) >= 11 is 0. The van der Waals surface area contributed by atoms with E-state index in [0.717, 1.165) is 0 Å². The molecule has 1 saturated carbocycles. The first kappa shape index (κ1) is 12.2. The molecule has 86 valence electrons. The molecule has 0 aliphatic heterocycles. The molecule has 0 saturated heterocycles. The Morgan fingerprint density at radius 1 is 1.19 bits per heavy atom. The minimum absolute atomic E-state index is 0.0385. The second-order valence-electron chi connectivity index (χ2n) is 3.37. The quantitative estimate of drug-likeness (QED) is 0.351. The maximum atomic E-state index is 11.4. The molecule has 1 fully saturated rings. The second-order valence-corrected chi connectivity index (χ2v) is 3.37. The van der Waals surface area contributed by atoms with Gasteiger partial charge in [0.05, 0.1) is 12.5 Å². The molecule has 2 atom stereocenters. The van der Waals surface area contributed by atoms with Gasteiger partial charge in [0, 0.05) is 0 Å². The Hall–Kier alpha value is -1.85. The Labute approximate surface area is 90.9 Å². The molecule has 0 aromatic rings. The molecule has 0 N–H and O–H groups in total. The van der Waals surface area contributed by atoms with Crippen LogP contribution in [0.4, 0.5) is 0 Å². The van der Waals surface area contributed by atoms with Gasteiger partial charge in [0.2, 0.25) is 11.6 Å². The predicted molar refractivity (Wildman–Crippen MR) is 49.3 cm³/mol. The zero-order valence-corrected chi connectivity index (χ0v) is 8.81. The van der Waals surface area contributed by atoms with Crippen molar-refractivity contribution in [3.05, 3.63) is 0 Å². The lowest BCUT2D eigenvalue weighted by molar-refractivity contribution is -0.157. The molecule has 0 heterocycles. The van der Waals surface area contributed by atoms with Crippen LogP contribution in [0.2, 0.25) is 0 Å². The van der Waals surface area contributed by atoms with Crippen LogP contribution < -0.4 is 0 Å². The van der Waals surface area contributed by atoms with Gasteiger partial charge >= 0.3 is 5.97 Å². The van der Waals surface area contributed by atoms with E-state index in [1.165, 1.54) is 13.8 Å². The van der Waals surface area contributed by atoms with Gasteiger partial charge < -0.3 is 4.74 Å². The number of carbonyl (C=O) groups is 5. The zero-order valence-electron chi connectivity index (χ0n) is 8.81. The fourth-order valence-electron chi connectivity index (χ4n) is 1.43. The van der Waals surface area contributed by atoms with E-state index in [1.807, 2.05) is 0 Å². The molecule has 0 amide bonds. The Morgan fingerprint density at radius 3 is 2.12 bits per heavy atom. The minimum atomic E-state index is -1.79. The van der Waals surface area contributed by atoms with Crippen molar-refractivity contribution in [2.45, 2.75) is 13.8 Å². The third-order valence-corrected chi connectivity index (χ3v) is 2.35. The average Bonchev–Trinajstić information content (AvgIpc) is 2.43. The predicted octanol–water partition coefficient (Wildman–Crippen LogP) is -0.908. The molecule has 0 bridgehead atoms. The number of ether oxygens (including phenoxy) is 1. The molecule has 0 radical (unpaired) electrons. The van der Waals surface area contributed by atoms with Gasteiger partial charge in [-0.25, -0.2) is 4.79 Å². The molecular formula is C10H10O6. The van der Waals surface area contributed by atoms with Crippen LogP contribution in [0, 0.1) is 11.8 Å². The molecule has 0 spiro atoms. The summed E-state index contributed by atoms with van der Waals surface area (Å²) in [7, 11) is 0. The fourth-order valence-corrected chi connectivity index (χ4v) is 1.43. The van der Waals surface area contributed by atoms with Crippen molar-refractivity contribution in [1.29, 1.82) is 0 Å². The van der Waals surface area contributed by atoms with Gasteiger partial charge in [0.25, 0.3) is 5.78 Å². The van der Waals surface area contributed by atoms with Crippen LogP contribution in [-0.2, 0) is 28.7 Å². The number of rotatable bonds is 3. The standard InChI is InChI=1S/C10H10O6/c1-3-16-10(15)9(14)5-6(11)4(2)7(12)8(5)13/h4-5H,3H2,1-2H3.